The highest BCUT2D eigenvalue weighted by Gasteiger charge is 2.54. The molecule has 0 spiro atoms. The normalized spacial score (nSPS) is 22.6. The lowest BCUT2D eigenvalue weighted by atomic mass is 9.67. The number of carbonyl (C=O) groups excluding carboxylic acids is 2. The van der Waals surface area contributed by atoms with E-state index in [1.807, 2.05) is 82.8 Å². The van der Waals surface area contributed by atoms with Crippen LogP contribution in [0.5, 0.6) is 0 Å². The molecular formula is C69H81F2N9O7. The second kappa shape index (κ2) is 25.0. The van der Waals surface area contributed by atoms with Crippen molar-refractivity contribution in [1.29, 1.82) is 0 Å². The first kappa shape index (κ1) is 60.7. The maximum atomic E-state index is 13.3. The number of rotatable bonds is 17. The van der Waals surface area contributed by atoms with Gasteiger partial charge in [-0.25, -0.2) is 18.4 Å². The molecule has 5 aromatic carbocycles. The molecule has 6 aliphatic carbocycles. The summed E-state index contributed by atoms with van der Waals surface area (Å²) < 4.78 is 48.9. The first-order valence-corrected chi connectivity index (χ1v) is 30.8. The highest BCUT2D eigenvalue weighted by atomic mass is 19.1. The molecule has 6 fully saturated rings. The Bertz CT molecular complexity index is 3470. The van der Waals surface area contributed by atoms with E-state index in [1.54, 1.807) is 29.2 Å². The van der Waals surface area contributed by atoms with Gasteiger partial charge in [0.15, 0.2) is 11.6 Å². The van der Waals surface area contributed by atoms with Crippen LogP contribution in [0.2, 0.25) is 0 Å². The number of halogens is 2. The van der Waals surface area contributed by atoms with Gasteiger partial charge >= 0.3 is 12.2 Å². The first-order chi connectivity index (χ1) is 41.7. The Labute approximate surface area is 508 Å². The molecule has 3 unspecified atom stereocenters. The van der Waals surface area contributed by atoms with Gasteiger partial charge in [0.2, 0.25) is 0 Å². The van der Waals surface area contributed by atoms with Gasteiger partial charge in [-0.1, -0.05) is 126 Å². The average molecular weight is 1190 g/mol. The Kier molecular flexibility index (Phi) is 17.4. The van der Waals surface area contributed by atoms with Crippen molar-refractivity contribution < 1.29 is 42.1 Å². The molecule has 2 aromatic heterocycles. The largest absolute Gasteiger partial charge is 0.444 e. The van der Waals surface area contributed by atoms with Gasteiger partial charge < -0.3 is 44.6 Å². The van der Waals surface area contributed by atoms with Crippen LogP contribution in [-0.2, 0) is 20.3 Å². The quantitative estimate of drug-likeness (QED) is 0.0336. The van der Waals surface area contributed by atoms with Gasteiger partial charge in [0, 0.05) is 77.5 Å². The van der Waals surface area contributed by atoms with Gasteiger partial charge in [0.25, 0.3) is 11.8 Å². The molecule has 87 heavy (non-hydrogen) atoms. The van der Waals surface area contributed by atoms with Crippen LogP contribution in [0.3, 0.4) is 0 Å². The third-order valence-corrected chi connectivity index (χ3v) is 18.3. The topological polar surface area (TPSA) is 208 Å². The lowest BCUT2D eigenvalue weighted by Gasteiger charge is -2.44. The number of nitrogens with one attached hydrogen (secondary N) is 1. The van der Waals surface area contributed by atoms with E-state index in [9.17, 15) is 23.6 Å². The van der Waals surface area contributed by atoms with Crippen molar-refractivity contribution in [3.63, 3.8) is 0 Å². The summed E-state index contributed by atoms with van der Waals surface area (Å²) in [6.45, 7) is 13.1. The average Bonchev–Trinajstić information content (AvgIpc) is 2.08. The molecule has 18 heteroatoms. The van der Waals surface area contributed by atoms with E-state index < -0.39 is 16.6 Å². The highest BCUT2D eigenvalue weighted by Crippen LogP contribution is 2.52. The predicted molar refractivity (Wildman–Crippen MR) is 327 cm³/mol. The molecule has 2 heterocycles. The third kappa shape index (κ3) is 14.2. The molecule has 16 nitrogen and oxygen atoms in total. The molecule has 6 saturated carbocycles. The van der Waals surface area contributed by atoms with Crippen molar-refractivity contribution in [3.8, 4) is 22.9 Å². The fourth-order valence-corrected chi connectivity index (χ4v) is 12.6. The van der Waals surface area contributed by atoms with Crippen LogP contribution in [0, 0.1) is 17.0 Å². The molecular weight excluding hydrogens is 1100 g/mol. The summed E-state index contributed by atoms with van der Waals surface area (Å²) in [5, 5.41) is 24.7. The number of ether oxygens (including phenoxy) is 2. The lowest BCUT2D eigenvalue weighted by Crippen LogP contribution is -2.53. The van der Waals surface area contributed by atoms with E-state index >= 15 is 0 Å². The zero-order valence-electron chi connectivity index (χ0n) is 50.7. The number of hydrogen-bond acceptors (Lipinski definition) is 13. The van der Waals surface area contributed by atoms with Crippen LogP contribution >= 0.6 is 0 Å². The summed E-state index contributed by atoms with van der Waals surface area (Å²) in [5.74, 6) is 3.06. The molecule has 0 radical (unpaired) electrons. The molecule has 0 bridgehead atoms. The van der Waals surface area contributed by atoms with Gasteiger partial charge in [-0.2, -0.15) is 9.97 Å². The van der Waals surface area contributed by atoms with E-state index in [0.29, 0.717) is 60.1 Å². The van der Waals surface area contributed by atoms with Crippen molar-refractivity contribution in [2.75, 3.05) is 19.6 Å². The molecule has 0 saturated heterocycles. The Morgan fingerprint density at radius 3 is 1.37 bits per heavy atom. The van der Waals surface area contributed by atoms with Crippen LogP contribution < -0.4 is 11.1 Å². The molecule has 6 atom stereocenters. The SMILES string of the molecule is CC(C)(C)OC(=O)N(CC1(C(N)=NO)CCC1)[C@H]1CC1c1ccccc1.CC(C)(C)OC(=O)N(CC1(c2noc(-c3ccc(F)cc3)n2)CCC1)[C@H]1CC1c1ccccc1.Fc1ccc(-c2nc(C3(CN[C@H]4CC4c4ccccc4)CCC3)no2)cc1. The summed E-state index contributed by atoms with van der Waals surface area (Å²) in [4.78, 5) is 39.2. The molecule has 2 amide bonds. The number of nitrogens with two attached hydrogens (primary N) is 1. The summed E-state index contributed by atoms with van der Waals surface area (Å²) in [5.41, 5.74) is 9.30. The second-order valence-corrected chi connectivity index (χ2v) is 26.8. The van der Waals surface area contributed by atoms with Crippen molar-refractivity contribution in [2.45, 2.75) is 177 Å². The molecule has 458 valence electrons. The van der Waals surface area contributed by atoms with Crippen molar-refractivity contribution in [2.24, 2.45) is 16.3 Å². The number of oxime groups is 1. The van der Waals surface area contributed by atoms with Gasteiger partial charge in [-0.15, -0.1) is 0 Å². The Morgan fingerprint density at radius 2 is 0.989 bits per heavy atom. The van der Waals surface area contributed by atoms with Crippen LogP contribution in [0.25, 0.3) is 22.9 Å². The monoisotopic (exact) mass is 1190 g/mol. The Morgan fingerprint density at radius 1 is 0.586 bits per heavy atom. The highest BCUT2D eigenvalue weighted by molar-refractivity contribution is 5.87. The maximum absolute atomic E-state index is 13.3. The molecule has 13 rings (SSSR count). The van der Waals surface area contributed by atoms with Gasteiger partial charge in [-0.05, 0) is 165 Å². The third-order valence-electron chi connectivity index (χ3n) is 18.3. The zero-order valence-corrected chi connectivity index (χ0v) is 50.7. The van der Waals surface area contributed by atoms with Crippen molar-refractivity contribution in [3.05, 3.63) is 180 Å². The number of nitrogens with zero attached hydrogens (tertiary/aromatic N) is 7. The first-order valence-electron chi connectivity index (χ1n) is 30.8. The van der Waals surface area contributed by atoms with Gasteiger partial charge in [-0.3, -0.25) is 0 Å². The maximum Gasteiger partial charge on any atom is 0.410 e. The smallest absolute Gasteiger partial charge is 0.410 e. The zero-order chi connectivity index (χ0) is 61.1. The van der Waals surface area contributed by atoms with E-state index in [4.69, 9.17) is 24.3 Å². The minimum Gasteiger partial charge on any atom is -0.444 e. The molecule has 4 N–H and O–H groups in total. The van der Waals surface area contributed by atoms with Gasteiger partial charge in [0.1, 0.15) is 28.7 Å². The number of amidine groups is 1. The van der Waals surface area contributed by atoms with Crippen LogP contribution in [-0.4, -0.2) is 102 Å². The number of benzene rings is 5. The number of carbonyl (C=O) groups is 2. The lowest BCUT2D eigenvalue weighted by molar-refractivity contribution is 0.0110. The van der Waals surface area contributed by atoms with E-state index in [2.05, 4.69) is 85.4 Å². The number of aromatic nitrogens is 4. The fraction of sp³-hybridized carbons (Fsp3) is 0.464. The summed E-state index contributed by atoms with van der Waals surface area (Å²) in [6, 6.07) is 44.1. The van der Waals surface area contributed by atoms with E-state index in [1.165, 1.54) is 53.8 Å². The van der Waals surface area contributed by atoms with Gasteiger partial charge in [0.05, 0.1) is 5.41 Å². The van der Waals surface area contributed by atoms with E-state index in [-0.39, 0.29) is 52.6 Å². The van der Waals surface area contributed by atoms with Crippen LogP contribution in [0.15, 0.2) is 154 Å². The van der Waals surface area contributed by atoms with Crippen molar-refractivity contribution in [1.82, 2.24) is 35.4 Å². The minimum absolute atomic E-state index is 0.0361. The number of amides is 2. The summed E-state index contributed by atoms with van der Waals surface area (Å²) in [7, 11) is 0. The standard InChI is InChI=1S/C27H30FN3O3.C22H22FN3O.C20H29N3O3/c1-26(2,3)33-25(32)31(22-16-21(22)18-8-5-4-6-9-18)17-27(14-7-15-27)24-29-23(34-30-24)19-10-12-20(28)13-11-19;23-17-9-7-16(8-10-17)20-25-21(26-27-20)22(11-4-12-22)14-24-19-13-18(19)15-5-2-1-3-6-15;1-19(2,3)26-18(24)23(13-20(10-7-11-20)17(21)22-25)16-12-15(16)14-8-5-4-6-9-14/h4-6,8-13,21-22H,7,14-17H2,1-3H3;1-3,5-10,18-19,24H,4,11-14H2;4-6,8-9,15-16,25H,7,10-13H2,1-3H3,(H2,21,22)/t21?,22-;18?,19-;15?,16-/m000/s1. The predicted octanol–water partition coefficient (Wildman–Crippen LogP) is 14.2. The minimum atomic E-state index is -0.582. The number of hydrogen-bond donors (Lipinski definition) is 3. The molecule has 0 aliphatic heterocycles. The summed E-state index contributed by atoms with van der Waals surface area (Å²) >= 11 is 0. The Hall–Kier alpha value is -7.99. The van der Waals surface area contributed by atoms with Crippen LogP contribution in [0.4, 0.5) is 18.4 Å². The summed E-state index contributed by atoms with van der Waals surface area (Å²) in [6.07, 6.45) is 11.2. The molecule has 7 aromatic rings. The second-order valence-electron chi connectivity index (χ2n) is 26.8. The Balaban J connectivity index is 0.000000137. The van der Waals surface area contributed by atoms with Crippen molar-refractivity contribution >= 4 is 18.0 Å². The fourth-order valence-electron chi connectivity index (χ4n) is 12.6. The van der Waals surface area contributed by atoms with Crippen LogP contribution in [0.1, 0.15) is 165 Å². The molecule has 6 aliphatic rings. The van der Waals surface area contributed by atoms with E-state index in [0.717, 1.165) is 82.1 Å².